The summed E-state index contributed by atoms with van der Waals surface area (Å²) in [7, 11) is 0. The van der Waals surface area contributed by atoms with Gasteiger partial charge in [-0.25, -0.2) is 0 Å². The maximum absolute atomic E-state index is 13.4. The molecule has 1 amide bonds. The molecule has 0 radical (unpaired) electrons. The van der Waals surface area contributed by atoms with Crippen molar-refractivity contribution < 1.29 is 23.1 Å². The van der Waals surface area contributed by atoms with Crippen LogP contribution in [0, 0.1) is 0 Å². The third kappa shape index (κ3) is 4.73. The summed E-state index contributed by atoms with van der Waals surface area (Å²) in [5.74, 6) is -0.0638. The lowest BCUT2D eigenvalue weighted by molar-refractivity contribution is -0.140. The fraction of sp³-hybridized carbons (Fsp3) is 0.321. The molecule has 1 saturated heterocycles. The molecule has 4 rings (SSSR count). The number of carbonyl (C=O) groups is 1. The van der Waals surface area contributed by atoms with Crippen molar-refractivity contribution in [1.82, 2.24) is 4.90 Å². The number of hydrogen-bond acceptors (Lipinski definition) is 2. The highest BCUT2D eigenvalue weighted by atomic mass is 19.4. The van der Waals surface area contributed by atoms with Crippen LogP contribution in [0.5, 0.6) is 0 Å². The van der Waals surface area contributed by atoms with Gasteiger partial charge in [0.1, 0.15) is 0 Å². The number of aliphatic hydroxyl groups is 1. The van der Waals surface area contributed by atoms with Gasteiger partial charge in [-0.15, -0.1) is 0 Å². The molecule has 0 saturated carbocycles. The van der Waals surface area contributed by atoms with Crippen LogP contribution in [-0.4, -0.2) is 29.0 Å². The number of piperidine rings is 1. The fourth-order valence-corrected chi connectivity index (χ4v) is 4.58. The minimum atomic E-state index is -4.47. The Labute approximate surface area is 197 Å². The highest BCUT2D eigenvalue weighted by molar-refractivity contribution is 5.87. The zero-order valence-corrected chi connectivity index (χ0v) is 19.3. The van der Waals surface area contributed by atoms with Crippen LogP contribution in [0.1, 0.15) is 43.4 Å². The van der Waals surface area contributed by atoms with E-state index in [1.165, 1.54) is 12.1 Å². The Morgan fingerprint density at radius 1 is 0.824 bits per heavy atom. The van der Waals surface area contributed by atoms with Gasteiger partial charge in [-0.3, -0.25) is 4.79 Å². The molecule has 3 aromatic carbocycles. The maximum atomic E-state index is 13.4. The third-order valence-corrected chi connectivity index (χ3v) is 6.85. The van der Waals surface area contributed by atoms with E-state index in [1.807, 2.05) is 68.4 Å². The summed E-state index contributed by atoms with van der Waals surface area (Å²) in [6, 6.07) is 22.8. The average Bonchev–Trinajstić information content (AvgIpc) is 2.84. The number of likely N-dealkylation sites (tertiary alicyclic amines) is 1. The molecule has 0 atom stereocenters. The smallest absolute Gasteiger partial charge is 0.385 e. The van der Waals surface area contributed by atoms with E-state index in [9.17, 15) is 23.1 Å². The van der Waals surface area contributed by atoms with Crippen molar-refractivity contribution in [2.75, 3.05) is 13.1 Å². The fourth-order valence-electron chi connectivity index (χ4n) is 4.58. The molecule has 1 heterocycles. The molecular weight excluding hydrogens is 439 g/mol. The second-order valence-electron chi connectivity index (χ2n) is 9.47. The van der Waals surface area contributed by atoms with E-state index >= 15 is 0 Å². The van der Waals surface area contributed by atoms with Gasteiger partial charge >= 0.3 is 6.18 Å². The first-order valence-electron chi connectivity index (χ1n) is 11.4. The van der Waals surface area contributed by atoms with Gasteiger partial charge in [0, 0.05) is 13.1 Å². The standard InChI is InChI=1S/C28H28F3NO2/c1-26(2,22-13-11-21(12-14-22)20-7-4-3-5-8-20)25(33)32-17-15-27(34,16-18-32)23-9-6-10-24(19-23)28(29,30)31/h3-14,19,34H,15-18H2,1-2H3. The van der Waals surface area contributed by atoms with Gasteiger partial charge in [-0.05, 0) is 61.1 Å². The molecule has 0 bridgehead atoms. The summed E-state index contributed by atoms with van der Waals surface area (Å²) >= 11 is 0. The molecule has 178 valence electrons. The highest BCUT2D eigenvalue weighted by Crippen LogP contribution is 2.38. The minimum absolute atomic E-state index is 0.0638. The molecule has 34 heavy (non-hydrogen) atoms. The first-order valence-corrected chi connectivity index (χ1v) is 11.4. The summed E-state index contributed by atoms with van der Waals surface area (Å²) in [6.07, 6.45) is -4.10. The van der Waals surface area contributed by atoms with Crippen LogP contribution in [0.2, 0.25) is 0 Å². The number of benzene rings is 3. The van der Waals surface area contributed by atoms with Crippen molar-refractivity contribution in [3.8, 4) is 11.1 Å². The van der Waals surface area contributed by atoms with Crippen molar-refractivity contribution in [3.63, 3.8) is 0 Å². The van der Waals surface area contributed by atoms with Crippen LogP contribution in [-0.2, 0) is 22.0 Å². The molecule has 1 fully saturated rings. The normalized spacial score (nSPS) is 16.4. The molecule has 0 unspecified atom stereocenters. The molecule has 3 aromatic rings. The lowest BCUT2D eigenvalue weighted by Gasteiger charge is -2.41. The van der Waals surface area contributed by atoms with Crippen LogP contribution >= 0.6 is 0 Å². The summed E-state index contributed by atoms with van der Waals surface area (Å²) < 4.78 is 39.3. The topological polar surface area (TPSA) is 40.5 Å². The van der Waals surface area contributed by atoms with E-state index in [-0.39, 0.29) is 37.4 Å². The van der Waals surface area contributed by atoms with Crippen LogP contribution < -0.4 is 0 Å². The van der Waals surface area contributed by atoms with Crippen LogP contribution in [0.25, 0.3) is 11.1 Å². The highest BCUT2D eigenvalue weighted by Gasteiger charge is 2.41. The quantitative estimate of drug-likeness (QED) is 0.499. The number of amides is 1. The summed E-state index contributed by atoms with van der Waals surface area (Å²) in [5, 5.41) is 11.1. The number of nitrogens with zero attached hydrogens (tertiary/aromatic N) is 1. The molecule has 1 N–H and O–H groups in total. The SMILES string of the molecule is CC(C)(C(=O)N1CCC(O)(c2cccc(C(F)(F)F)c2)CC1)c1ccc(-c2ccccc2)cc1. The zero-order chi connectivity index (χ0) is 24.6. The van der Waals surface area contributed by atoms with Gasteiger partial charge in [0.25, 0.3) is 0 Å². The van der Waals surface area contributed by atoms with E-state index < -0.39 is 22.8 Å². The monoisotopic (exact) mass is 467 g/mol. The lowest BCUT2D eigenvalue weighted by Crippen LogP contribution is -2.50. The average molecular weight is 468 g/mol. The predicted octanol–water partition coefficient (Wildman–Crippen LogP) is 6.16. The van der Waals surface area contributed by atoms with Gasteiger partial charge in [-0.1, -0.05) is 66.7 Å². The molecule has 1 aliphatic rings. The third-order valence-electron chi connectivity index (χ3n) is 6.85. The van der Waals surface area contributed by atoms with E-state index in [4.69, 9.17) is 0 Å². The van der Waals surface area contributed by atoms with Crippen molar-refractivity contribution in [1.29, 1.82) is 0 Å². The summed E-state index contributed by atoms with van der Waals surface area (Å²) in [6.45, 7) is 4.30. The van der Waals surface area contributed by atoms with E-state index in [0.29, 0.717) is 0 Å². The van der Waals surface area contributed by atoms with Crippen molar-refractivity contribution in [2.45, 2.75) is 43.9 Å². The first kappa shape index (κ1) is 24.0. The van der Waals surface area contributed by atoms with E-state index in [0.717, 1.165) is 28.8 Å². The van der Waals surface area contributed by atoms with Crippen molar-refractivity contribution >= 4 is 5.91 Å². The Bertz CT molecular complexity index is 1150. The Morgan fingerprint density at radius 2 is 1.41 bits per heavy atom. The first-order chi connectivity index (χ1) is 16.0. The molecule has 0 spiro atoms. The number of rotatable bonds is 4. The summed E-state index contributed by atoms with van der Waals surface area (Å²) in [5.41, 5.74) is 0.346. The van der Waals surface area contributed by atoms with Crippen LogP contribution in [0.15, 0.2) is 78.9 Å². The molecule has 0 aliphatic carbocycles. The second kappa shape index (κ2) is 8.91. The number of halogens is 3. The predicted molar refractivity (Wildman–Crippen MR) is 126 cm³/mol. The van der Waals surface area contributed by atoms with E-state index in [1.54, 1.807) is 4.90 Å². The molecule has 6 heteroatoms. The van der Waals surface area contributed by atoms with Crippen molar-refractivity contribution in [2.24, 2.45) is 0 Å². The van der Waals surface area contributed by atoms with Gasteiger partial charge < -0.3 is 10.0 Å². The minimum Gasteiger partial charge on any atom is -0.385 e. The largest absolute Gasteiger partial charge is 0.416 e. The molecule has 1 aliphatic heterocycles. The van der Waals surface area contributed by atoms with Gasteiger partial charge in [0.05, 0.1) is 16.6 Å². The molecule has 3 nitrogen and oxygen atoms in total. The number of hydrogen-bond donors (Lipinski definition) is 1. The van der Waals surface area contributed by atoms with Crippen LogP contribution in [0.4, 0.5) is 13.2 Å². The Kier molecular flexibility index (Phi) is 6.30. The Hall–Kier alpha value is -3.12. The van der Waals surface area contributed by atoms with Crippen LogP contribution in [0.3, 0.4) is 0 Å². The Balaban J connectivity index is 1.46. The molecular formula is C28H28F3NO2. The number of alkyl halides is 3. The van der Waals surface area contributed by atoms with Gasteiger partial charge in [0.2, 0.25) is 5.91 Å². The Morgan fingerprint density at radius 3 is 2.00 bits per heavy atom. The van der Waals surface area contributed by atoms with Gasteiger partial charge in [-0.2, -0.15) is 13.2 Å². The second-order valence-corrected chi connectivity index (χ2v) is 9.47. The van der Waals surface area contributed by atoms with E-state index in [2.05, 4.69) is 0 Å². The van der Waals surface area contributed by atoms with Gasteiger partial charge in [0.15, 0.2) is 0 Å². The number of carbonyl (C=O) groups excluding carboxylic acids is 1. The van der Waals surface area contributed by atoms with Crippen molar-refractivity contribution in [3.05, 3.63) is 95.6 Å². The summed E-state index contributed by atoms with van der Waals surface area (Å²) in [4.78, 5) is 15.1. The molecule has 0 aromatic heterocycles. The lowest BCUT2D eigenvalue weighted by atomic mass is 9.80. The zero-order valence-electron chi connectivity index (χ0n) is 19.3. The maximum Gasteiger partial charge on any atom is 0.416 e.